The molecule has 0 aliphatic rings. The minimum atomic E-state index is -1.08. The topological polar surface area (TPSA) is 111 Å². The van der Waals surface area contributed by atoms with E-state index in [9.17, 15) is 14.4 Å². The maximum absolute atomic E-state index is 11.6. The van der Waals surface area contributed by atoms with Crippen LogP contribution in [0.25, 0.3) is 0 Å². The molecule has 0 atom stereocenters. The van der Waals surface area contributed by atoms with Crippen LogP contribution in [-0.4, -0.2) is 46.4 Å². The van der Waals surface area contributed by atoms with Crippen molar-refractivity contribution in [3.05, 3.63) is 18.0 Å². The molecule has 1 aromatic rings. The molecule has 0 fully saturated rings. The van der Waals surface area contributed by atoms with Crippen molar-refractivity contribution >= 4 is 17.8 Å². The van der Waals surface area contributed by atoms with Gasteiger partial charge in [0.05, 0.1) is 18.9 Å². The summed E-state index contributed by atoms with van der Waals surface area (Å²) < 4.78 is 5.79. The fraction of sp³-hybridized carbons (Fsp3) is 0.538. The summed E-state index contributed by atoms with van der Waals surface area (Å²) in [6.07, 6.45) is 5.20. The van der Waals surface area contributed by atoms with Gasteiger partial charge in [0.25, 0.3) is 0 Å². The molecule has 2 N–H and O–H groups in total. The summed E-state index contributed by atoms with van der Waals surface area (Å²) in [5.74, 6) is -1.54. The molecular formula is C13H19N3O5. The van der Waals surface area contributed by atoms with Crippen LogP contribution in [0.3, 0.4) is 0 Å². The number of unbranched alkanes of at least 4 members (excludes halogenated alkanes) is 2. The third-order valence-electron chi connectivity index (χ3n) is 2.79. The fourth-order valence-corrected chi connectivity index (χ4v) is 1.66. The predicted molar refractivity (Wildman–Crippen MR) is 72.7 cm³/mol. The Hall–Kier alpha value is -2.38. The molecule has 1 rings (SSSR count). The van der Waals surface area contributed by atoms with Gasteiger partial charge in [-0.25, -0.2) is 4.79 Å². The average Bonchev–Trinajstić information content (AvgIpc) is 2.90. The fourth-order valence-electron chi connectivity index (χ4n) is 1.66. The molecule has 0 unspecified atom stereocenters. The Morgan fingerprint density at radius 3 is 2.71 bits per heavy atom. The van der Waals surface area contributed by atoms with Gasteiger partial charge in [-0.2, -0.15) is 5.10 Å². The number of rotatable bonds is 9. The standard InChI is InChI=1S/C13H19N3O5/c1-21-12(18)5-3-2-4-6-14-11(17)9-16-8-10(7-15-16)13(19)20/h7-8H,2-6,9H2,1H3,(H,14,17)(H,19,20). The van der Waals surface area contributed by atoms with E-state index in [2.05, 4.69) is 15.2 Å². The predicted octanol–water partition coefficient (Wildman–Crippen LogP) is 0.431. The number of nitrogens with zero attached hydrogens (tertiary/aromatic N) is 2. The van der Waals surface area contributed by atoms with Crippen molar-refractivity contribution in [1.82, 2.24) is 15.1 Å². The largest absolute Gasteiger partial charge is 0.478 e. The molecule has 0 saturated carbocycles. The molecule has 0 aliphatic carbocycles. The number of carboxylic acids is 1. The molecule has 8 heteroatoms. The summed E-state index contributed by atoms with van der Waals surface area (Å²) in [4.78, 5) is 33.1. The molecule has 0 bridgehead atoms. The molecule has 0 radical (unpaired) electrons. The zero-order valence-corrected chi connectivity index (χ0v) is 11.9. The molecule has 8 nitrogen and oxygen atoms in total. The van der Waals surface area contributed by atoms with Crippen molar-refractivity contribution in [2.75, 3.05) is 13.7 Å². The molecule has 1 amide bonds. The maximum Gasteiger partial charge on any atom is 0.338 e. The number of carboxylic acid groups (broad SMARTS) is 1. The van der Waals surface area contributed by atoms with Gasteiger partial charge < -0.3 is 15.2 Å². The van der Waals surface area contributed by atoms with Gasteiger partial charge in [0.15, 0.2) is 0 Å². The van der Waals surface area contributed by atoms with E-state index in [1.807, 2.05) is 0 Å². The van der Waals surface area contributed by atoms with Gasteiger partial charge in [-0.3, -0.25) is 14.3 Å². The lowest BCUT2D eigenvalue weighted by atomic mass is 10.2. The number of carbonyl (C=O) groups excluding carboxylic acids is 2. The minimum absolute atomic E-state index is 0.0184. The Morgan fingerprint density at radius 2 is 2.10 bits per heavy atom. The molecule has 116 valence electrons. The number of carbonyl (C=O) groups is 3. The van der Waals surface area contributed by atoms with Crippen molar-refractivity contribution in [1.29, 1.82) is 0 Å². The number of methoxy groups -OCH3 is 1. The first-order valence-corrected chi connectivity index (χ1v) is 6.62. The second-order valence-corrected chi connectivity index (χ2v) is 4.47. The van der Waals surface area contributed by atoms with E-state index in [0.29, 0.717) is 13.0 Å². The molecule has 0 aromatic carbocycles. The maximum atomic E-state index is 11.6. The normalized spacial score (nSPS) is 10.1. The Kier molecular flexibility index (Phi) is 6.93. The van der Waals surface area contributed by atoms with E-state index in [1.165, 1.54) is 24.2 Å². The average molecular weight is 297 g/mol. The van der Waals surface area contributed by atoms with Crippen LogP contribution in [0.1, 0.15) is 36.0 Å². The molecule has 0 spiro atoms. The molecule has 1 aromatic heterocycles. The second-order valence-electron chi connectivity index (χ2n) is 4.47. The first-order valence-electron chi connectivity index (χ1n) is 6.62. The Balaban J connectivity index is 2.13. The van der Waals surface area contributed by atoms with Crippen LogP contribution in [0.15, 0.2) is 12.4 Å². The van der Waals surface area contributed by atoms with Crippen LogP contribution in [0.4, 0.5) is 0 Å². The molecule has 0 saturated heterocycles. The molecule has 0 aliphatic heterocycles. The van der Waals surface area contributed by atoms with Crippen LogP contribution in [0, 0.1) is 0 Å². The van der Waals surface area contributed by atoms with E-state index in [4.69, 9.17) is 5.11 Å². The number of hydrogen-bond acceptors (Lipinski definition) is 5. The lowest BCUT2D eigenvalue weighted by Gasteiger charge is -2.05. The zero-order chi connectivity index (χ0) is 15.7. The van der Waals surface area contributed by atoms with Gasteiger partial charge in [0.2, 0.25) is 5.91 Å². The van der Waals surface area contributed by atoms with Crippen molar-refractivity contribution < 1.29 is 24.2 Å². The van der Waals surface area contributed by atoms with Crippen LogP contribution in [-0.2, 0) is 20.9 Å². The highest BCUT2D eigenvalue weighted by Crippen LogP contribution is 2.00. The zero-order valence-electron chi connectivity index (χ0n) is 11.9. The third-order valence-corrected chi connectivity index (χ3v) is 2.79. The third kappa shape index (κ3) is 6.55. The van der Waals surface area contributed by atoms with Crippen LogP contribution >= 0.6 is 0 Å². The van der Waals surface area contributed by atoms with Crippen LogP contribution in [0.2, 0.25) is 0 Å². The highest BCUT2D eigenvalue weighted by atomic mass is 16.5. The second kappa shape index (κ2) is 8.72. The van der Waals surface area contributed by atoms with Crippen molar-refractivity contribution in [2.45, 2.75) is 32.2 Å². The highest BCUT2D eigenvalue weighted by molar-refractivity contribution is 5.87. The summed E-state index contributed by atoms with van der Waals surface area (Å²) >= 11 is 0. The Morgan fingerprint density at radius 1 is 1.33 bits per heavy atom. The summed E-state index contributed by atoms with van der Waals surface area (Å²) in [5, 5.41) is 15.2. The Bertz CT molecular complexity index is 498. The number of esters is 1. The van der Waals surface area contributed by atoms with E-state index >= 15 is 0 Å². The smallest absolute Gasteiger partial charge is 0.338 e. The van der Waals surface area contributed by atoms with Gasteiger partial charge in [-0.1, -0.05) is 6.42 Å². The summed E-state index contributed by atoms with van der Waals surface area (Å²) in [6, 6.07) is 0. The summed E-state index contributed by atoms with van der Waals surface area (Å²) in [5.41, 5.74) is 0.0469. The number of amides is 1. The van der Waals surface area contributed by atoms with Gasteiger partial charge in [-0.15, -0.1) is 0 Å². The monoisotopic (exact) mass is 297 g/mol. The molecular weight excluding hydrogens is 278 g/mol. The van der Waals surface area contributed by atoms with Crippen LogP contribution < -0.4 is 5.32 Å². The summed E-state index contributed by atoms with van der Waals surface area (Å²) in [7, 11) is 1.35. The lowest BCUT2D eigenvalue weighted by molar-refractivity contribution is -0.140. The van der Waals surface area contributed by atoms with E-state index < -0.39 is 5.97 Å². The SMILES string of the molecule is COC(=O)CCCCCNC(=O)Cn1cc(C(=O)O)cn1. The quantitative estimate of drug-likeness (QED) is 0.505. The van der Waals surface area contributed by atoms with Gasteiger partial charge >= 0.3 is 11.9 Å². The van der Waals surface area contributed by atoms with Crippen molar-refractivity contribution in [3.63, 3.8) is 0 Å². The molecule has 21 heavy (non-hydrogen) atoms. The number of aromatic carboxylic acids is 1. The first-order chi connectivity index (χ1) is 10.0. The number of ether oxygens (including phenoxy) is 1. The summed E-state index contributed by atoms with van der Waals surface area (Å²) in [6.45, 7) is 0.489. The number of nitrogens with one attached hydrogen (secondary N) is 1. The minimum Gasteiger partial charge on any atom is -0.478 e. The van der Waals surface area contributed by atoms with Crippen LogP contribution in [0.5, 0.6) is 0 Å². The van der Waals surface area contributed by atoms with Gasteiger partial charge in [0, 0.05) is 19.2 Å². The van der Waals surface area contributed by atoms with E-state index in [1.54, 1.807) is 0 Å². The number of hydrogen-bond donors (Lipinski definition) is 2. The van der Waals surface area contributed by atoms with Gasteiger partial charge in [-0.05, 0) is 12.8 Å². The highest BCUT2D eigenvalue weighted by Gasteiger charge is 2.08. The first kappa shape index (κ1) is 16.7. The molecule has 1 heterocycles. The lowest BCUT2D eigenvalue weighted by Crippen LogP contribution is -2.28. The van der Waals surface area contributed by atoms with Crippen molar-refractivity contribution in [3.8, 4) is 0 Å². The van der Waals surface area contributed by atoms with E-state index in [0.717, 1.165) is 19.3 Å². The van der Waals surface area contributed by atoms with Gasteiger partial charge in [0.1, 0.15) is 6.54 Å². The number of aromatic nitrogens is 2. The van der Waals surface area contributed by atoms with E-state index in [-0.39, 0.29) is 24.0 Å². The van der Waals surface area contributed by atoms with Crippen molar-refractivity contribution in [2.24, 2.45) is 0 Å². The Labute approximate surface area is 122 Å².